The minimum atomic E-state index is 0.229. The van der Waals surface area contributed by atoms with E-state index in [9.17, 15) is 9.90 Å². The topological polar surface area (TPSA) is 40.5 Å². The Morgan fingerprint density at radius 3 is 2.85 bits per heavy atom. The van der Waals surface area contributed by atoms with Crippen molar-refractivity contribution in [2.45, 2.75) is 51.0 Å². The number of likely N-dealkylation sites (tertiary alicyclic amines) is 1. The average molecular weight is 273 g/mol. The molecule has 0 bridgehead atoms. The molecule has 108 valence electrons. The second-order valence-electron chi connectivity index (χ2n) is 6.19. The smallest absolute Gasteiger partial charge is 0.227 e. The average Bonchev–Trinajstić information content (AvgIpc) is 2.46. The third-order valence-electron chi connectivity index (χ3n) is 4.83. The summed E-state index contributed by atoms with van der Waals surface area (Å²) >= 11 is 0. The Morgan fingerprint density at radius 2 is 2.00 bits per heavy atom. The van der Waals surface area contributed by atoms with Crippen molar-refractivity contribution in [3.8, 4) is 5.75 Å². The van der Waals surface area contributed by atoms with Crippen LogP contribution >= 0.6 is 0 Å². The summed E-state index contributed by atoms with van der Waals surface area (Å²) in [4.78, 5) is 14.7. The molecule has 1 aromatic rings. The van der Waals surface area contributed by atoms with Crippen molar-refractivity contribution in [3.63, 3.8) is 0 Å². The number of piperidine rings is 1. The van der Waals surface area contributed by atoms with Crippen molar-refractivity contribution in [1.29, 1.82) is 0 Å². The monoisotopic (exact) mass is 273 g/mol. The number of phenols is 1. The summed E-state index contributed by atoms with van der Waals surface area (Å²) in [5, 5.41) is 9.50. The van der Waals surface area contributed by atoms with Gasteiger partial charge in [-0.05, 0) is 49.3 Å². The molecule has 3 rings (SSSR count). The maximum Gasteiger partial charge on any atom is 0.227 e. The van der Waals surface area contributed by atoms with Gasteiger partial charge in [-0.15, -0.1) is 0 Å². The molecule has 2 unspecified atom stereocenters. The Morgan fingerprint density at radius 1 is 1.20 bits per heavy atom. The normalized spacial score (nSPS) is 26.1. The number of fused-ring (bicyclic) bond motifs is 1. The predicted octanol–water partition coefficient (Wildman–Crippen LogP) is 3.12. The van der Waals surface area contributed by atoms with Crippen molar-refractivity contribution in [2.24, 2.45) is 5.92 Å². The molecule has 1 aromatic carbocycles. The molecule has 2 aliphatic rings. The van der Waals surface area contributed by atoms with Crippen LogP contribution in [0.1, 0.15) is 44.1 Å². The molecule has 1 aliphatic heterocycles. The molecule has 3 heteroatoms. The Hall–Kier alpha value is -1.51. The SMILES string of the molecule is O=C(Cc1cccc(O)c1)N1CCCC2CCCCC21. The summed E-state index contributed by atoms with van der Waals surface area (Å²) in [6.45, 7) is 0.915. The lowest BCUT2D eigenvalue weighted by molar-refractivity contribution is -0.136. The van der Waals surface area contributed by atoms with Crippen molar-refractivity contribution >= 4 is 5.91 Å². The largest absolute Gasteiger partial charge is 0.508 e. The van der Waals surface area contributed by atoms with Crippen LogP contribution in [0.4, 0.5) is 0 Å². The van der Waals surface area contributed by atoms with Gasteiger partial charge >= 0.3 is 0 Å². The van der Waals surface area contributed by atoms with Crippen LogP contribution in [-0.4, -0.2) is 28.5 Å². The van der Waals surface area contributed by atoms with Crippen LogP contribution in [0.5, 0.6) is 5.75 Å². The van der Waals surface area contributed by atoms with Crippen LogP contribution in [0.3, 0.4) is 0 Å². The summed E-state index contributed by atoms with van der Waals surface area (Å²) in [6, 6.07) is 7.53. The van der Waals surface area contributed by atoms with Crippen LogP contribution in [0.15, 0.2) is 24.3 Å². The van der Waals surface area contributed by atoms with Crippen LogP contribution in [0.2, 0.25) is 0 Å². The number of phenolic OH excluding ortho intramolecular Hbond substituents is 1. The second-order valence-corrected chi connectivity index (χ2v) is 6.19. The van der Waals surface area contributed by atoms with Gasteiger partial charge in [0.1, 0.15) is 5.75 Å². The molecule has 0 aromatic heterocycles. The first-order valence-corrected chi connectivity index (χ1v) is 7.81. The van der Waals surface area contributed by atoms with Gasteiger partial charge in [0.2, 0.25) is 5.91 Å². The molecule has 1 saturated carbocycles. The van der Waals surface area contributed by atoms with Crippen molar-refractivity contribution < 1.29 is 9.90 Å². The third-order valence-corrected chi connectivity index (χ3v) is 4.83. The standard InChI is InChI=1S/C17H23NO2/c19-15-8-3-5-13(11-15)12-17(20)18-10-4-7-14-6-1-2-9-16(14)18/h3,5,8,11,14,16,19H,1-2,4,6-7,9-10,12H2. The molecule has 0 radical (unpaired) electrons. The van der Waals surface area contributed by atoms with Gasteiger partial charge in [-0.2, -0.15) is 0 Å². The molecule has 2 atom stereocenters. The van der Waals surface area contributed by atoms with E-state index in [0.717, 1.165) is 24.4 Å². The molecule has 0 spiro atoms. The van der Waals surface area contributed by atoms with E-state index >= 15 is 0 Å². The Labute approximate surface area is 120 Å². The van der Waals surface area contributed by atoms with E-state index in [4.69, 9.17) is 0 Å². The lowest BCUT2D eigenvalue weighted by Crippen LogP contribution is -2.50. The third kappa shape index (κ3) is 2.82. The fourth-order valence-corrected chi connectivity index (χ4v) is 3.88. The van der Waals surface area contributed by atoms with Crippen LogP contribution in [0.25, 0.3) is 0 Å². The van der Waals surface area contributed by atoms with Gasteiger partial charge in [0.25, 0.3) is 0 Å². The number of nitrogens with zero attached hydrogens (tertiary/aromatic N) is 1. The number of carbonyl (C=O) groups is 1. The summed E-state index contributed by atoms with van der Waals surface area (Å²) in [6.07, 6.45) is 7.91. The fourth-order valence-electron chi connectivity index (χ4n) is 3.88. The quantitative estimate of drug-likeness (QED) is 0.899. The number of hydrogen-bond donors (Lipinski definition) is 1. The molecule has 2 fully saturated rings. The highest BCUT2D eigenvalue weighted by atomic mass is 16.3. The zero-order valence-electron chi connectivity index (χ0n) is 11.9. The highest BCUT2D eigenvalue weighted by Crippen LogP contribution is 2.35. The van der Waals surface area contributed by atoms with E-state index in [1.165, 1.54) is 32.1 Å². The minimum absolute atomic E-state index is 0.229. The molecule has 1 N–H and O–H groups in total. The Balaban J connectivity index is 1.69. The minimum Gasteiger partial charge on any atom is -0.508 e. The Bertz CT molecular complexity index is 484. The highest BCUT2D eigenvalue weighted by Gasteiger charge is 2.35. The summed E-state index contributed by atoms with van der Waals surface area (Å²) in [5.74, 6) is 1.20. The summed E-state index contributed by atoms with van der Waals surface area (Å²) in [7, 11) is 0. The summed E-state index contributed by atoms with van der Waals surface area (Å²) in [5.41, 5.74) is 0.910. The van der Waals surface area contributed by atoms with Crippen molar-refractivity contribution in [2.75, 3.05) is 6.54 Å². The fraction of sp³-hybridized carbons (Fsp3) is 0.588. The number of benzene rings is 1. The molecule has 3 nitrogen and oxygen atoms in total. The lowest BCUT2D eigenvalue weighted by Gasteiger charge is -2.44. The first-order chi connectivity index (χ1) is 9.74. The van der Waals surface area contributed by atoms with E-state index in [1.807, 2.05) is 6.07 Å². The summed E-state index contributed by atoms with van der Waals surface area (Å²) < 4.78 is 0. The number of rotatable bonds is 2. The van der Waals surface area contributed by atoms with Crippen molar-refractivity contribution in [1.82, 2.24) is 4.90 Å². The van der Waals surface area contributed by atoms with Crippen LogP contribution in [0, 0.1) is 5.92 Å². The molecule has 1 saturated heterocycles. The van der Waals surface area contributed by atoms with Gasteiger partial charge in [0, 0.05) is 12.6 Å². The second kappa shape index (κ2) is 5.86. The molecule has 20 heavy (non-hydrogen) atoms. The van der Waals surface area contributed by atoms with Gasteiger partial charge < -0.3 is 10.0 Å². The van der Waals surface area contributed by atoms with E-state index in [-0.39, 0.29) is 11.7 Å². The van der Waals surface area contributed by atoms with Gasteiger partial charge in [0.15, 0.2) is 0 Å². The molecule has 1 amide bonds. The van der Waals surface area contributed by atoms with E-state index < -0.39 is 0 Å². The van der Waals surface area contributed by atoms with Gasteiger partial charge in [-0.25, -0.2) is 0 Å². The van der Waals surface area contributed by atoms with Crippen molar-refractivity contribution in [3.05, 3.63) is 29.8 Å². The van der Waals surface area contributed by atoms with Gasteiger partial charge in [-0.1, -0.05) is 25.0 Å². The number of carbonyl (C=O) groups excluding carboxylic acids is 1. The molecule has 1 aliphatic carbocycles. The van der Waals surface area contributed by atoms with Crippen LogP contribution in [-0.2, 0) is 11.2 Å². The zero-order chi connectivity index (χ0) is 13.9. The van der Waals surface area contributed by atoms with E-state index in [2.05, 4.69) is 4.90 Å². The molecule has 1 heterocycles. The van der Waals surface area contributed by atoms with E-state index in [0.29, 0.717) is 12.5 Å². The maximum absolute atomic E-state index is 12.6. The van der Waals surface area contributed by atoms with Gasteiger partial charge in [0.05, 0.1) is 6.42 Å². The van der Waals surface area contributed by atoms with E-state index in [1.54, 1.807) is 18.2 Å². The number of aromatic hydroxyl groups is 1. The molecular weight excluding hydrogens is 250 g/mol. The first kappa shape index (κ1) is 13.5. The van der Waals surface area contributed by atoms with Crippen LogP contribution < -0.4 is 0 Å². The lowest BCUT2D eigenvalue weighted by atomic mass is 9.78. The first-order valence-electron chi connectivity index (χ1n) is 7.81. The molecular formula is C17H23NO2. The van der Waals surface area contributed by atoms with Gasteiger partial charge in [-0.3, -0.25) is 4.79 Å². The number of hydrogen-bond acceptors (Lipinski definition) is 2. The zero-order valence-corrected chi connectivity index (χ0v) is 11.9. The Kier molecular flexibility index (Phi) is 3.95. The predicted molar refractivity (Wildman–Crippen MR) is 78.5 cm³/mol. The number of amides is 1. The maximum atomic E-state index is 12.6. The highest BCUT2D eigenvalue weighted by molar-refractivity contribution is 5.79.